The van der Waals surface area contributed by atoms with Crippen LogP contribution in [0.15, 0.2) is 10.6 Å². The first kappa shape index (κ1) is 12.3. The first-order chi connectivity index (χ1) is 7.08. The first-order valence-electron chi connectivity index (χ1n) is 4.44. The van der Waals surface area contributed by atoms with Crippen LogP contribution in [0.5, 0.6) is 0 Å². The Morgan fingerprint density at radius 1 is 1.27 bits per heavy atom. The van der Waals surface area contributed by atoms with E-state index in [1.54, 1.807) is 0 Å². The van der Waals surface area contributed by atoms with Crippen LogP contribution in [0.4, 0.5) is 0 Å². The van der Waals surface area contributed by atoms with Crippen LogP contribution < -0.4 is 0 Å². The summed E-state index contributed by atoms with van der Waals surface area (Å²) >= 11 is 10.6. The minimum absolute atomic E-state index is 0.00230. The Kier molecular flexibility index (Phi) is 4.91. The number of carbonyl (C=O) groups is 2. The van der Waals surface area contributed by atoms with Crippen LogP contribution in [0.3, 0.4) is 0 Å². The molecule has 0 heterocycles. The van der Waals surface area contributed by atoms with Crippen molar-refractivity contribution in [1.82, 2.24) is 0 Å². The maximum Gasteiger partial charge on any atom is 0.317 e. The fourth-order valence-corrected chi connectivity index (χ4v) is 0.906. The highest BCUT2D eigenvalue weighted by molar-refractivity contribution is 6.55. The van der Waals surface area contributed by atoms with E-state index in [4.69, 9.17) is 27.9 Å². The monoisotopic (exact) mass is 252 g/mol. The molecule has 0 spiro atoms. The van der Waals surface area contributed by atoms with E-state index < -0.39 is 11.9 Å². The third-order valence-corrected chi connectivity index (χ3v) is 1.90. The summed E-state index contributed by atoms with van der Waals surface area (Å²) in [6.07, 6.45) is 2.70. The van der Waals surface area contributed by atoms with Crippen LogP contribution in [-0.2, 0) is 19.1 Å². The molecular formula is C9H10Cl2O4. The highest BCUT2D eigenvalue weighted by atomic mass is 35.5. The van der Waals surface area contributed by atoms with E-state index in [-0.39, 0.29) is 23.6 Å². The fourth-order valence-electron chi connectivity index (χ4n) is 0.780. The Bertz CT molecular complexity index is 280. The molecular weight excluding hydrogens is 243 g/mol. The van der Waals surface area contributed by atoms with Crippen LogP contribution in [0.2, 0.25) is 0 Å². The summed E-state index contributed by atoms with van der Waals surface area (Å²) in [5.74, 6) is -1.20. The zero-order valence-electron chi connectivity index (χ0n) is 7.87. The lowest BCUT2D eigenvalue weighted by Gasteiger charge is -2.02. The van der Waals surface area contributed by atoms with Gasteiger partial charge in [0.15, 0.2) is 0 Å². The lowest BCUT2D eigenvalue weighted by molar-refractivity contribution is -0.154. The van der Waals surface area contributed by atoms with Crippen molar-refractivity contribution in [3.63, 3.8) is 0 Å². The largest absolute Gasteiger partial charge is 0.462 e. The quantitative estimate of drug-likeness (QED) is 0.555. The topological polar surface area (TPSA) is 52.6 Å². The summed E-state index contributed by atoms with van der Waals surface area (Å²) < 4.78 is 9.51. The summed E-state index contributed by atoms with van der Waals surface area (Å²) in [6.45, 7) is -0.0438. The summed E-state index contributed by atoms with van der Waals surface area (Å²) in [6, 6.07) is 0. The number of halogens is 2. The van der Waals surface area contributed by atoms with Gasteiger partial charge in [-0.3, -0.25) is 9.59 Å². The molecule has 84 valence electrons. The minimum Gasteiger partial charge on any atom is -0.462 e. The van der Waals surface area contributed by atoms with Crippen molar-refractivity contribution in [2.24, 2.45) is 0 Å². The molecule has 0 bridgehead atoms. The Morgan fingerprint density at radius 2 is 1.93 bits per heavy atom. The maximum absolute atomic E-state index is 11.0. The third kappa shape index (κ3) is 6.36. The van der Waals surface area contributed by atoms with Gasteiger partial charge in [0, 0.05) is 0 Å². The van der Waals surface area contributed by atoms with Gasteiger partial charge in [-0.25, -0.2) is 0 Å². The zero-order valence-corrected chi connectivity index (χ0v) is 9.38. The molecule has 1 aliphatic carbocycles. The maximum atomic E-state index is 11.0. The standard InChI is InChI=1S/C9H10Cl2O4/c10-7(11)3-4-14-8(12)5-9(13)15-6-1-2-6/h3,6H,1-2,4-5H2. The third-order valence-electron chi connectivity index (χ3n) is 1.59. The van der Waals surface area contributed by atoms with Crippen molar-refractivity contribution in [3.8, 4) is 0 Å². The van der Waals surface area contributed by atoms with Crippen LogP contribution in [0.25, 0.3) is 0 Å². The van der Waals surface area contributed by atoms with E-state index in [1.807, 2.05) is 0 Å². The zero-order chi connectivity index (χ0) is 11.3. The van der Waals surface area contributed by atoms with E-state index in [2.05, 4.69) is 4.74 Å². The highest BCUT2D eigenvalue weighted by Gasteiger charge is 2.26. The first-order valence-corrected chi connectivity index (χ1v) is 5.20. The van der Waals surface area contributed by atoms with Crippen molar-refractivity contribution in [2.45, 2.75) is 25.4 Å². The van der Waals surface area contributed by atoms with Crippen LogP contribution >= 0.6 is 23.2 Å². The Morgan fingerprint density at radius 3 is 2.47 bits per heavy atom. The van der Waals surface area contributed by atoms with Gasteiger partial charge >= 0.3 is 11.9 Å². The van der Waals surface area contributed by atoms with Crippen LogP contribution in [0.1, 0.15) is 19.3 Å². The second-order valence-electron chi connectivity index (χ2n) is 3.04. The predicted molar refractivity (Wildman–Crippen MR) is 54.5 cm³/mol. The lowest BCUT2D eigenvalue weighted by atomic mass is 10.4. The SMILES string of the molecule is O=C(CC(=O)OC1CC1)OCC=C(Cl)Cl. The van der Waals surface area contributed by atoms with E-state index in [9.17, 15) is 9.59 Å². The Labute approximate surface area is 97.1 Å². The molecule has 0 atom stereocenters. The van der Waals surface area contributed by atoms with Gasteiger partial charge in [0.25, 0.3) is 0 Å². The molecule has 0 aromatic rings. The smallest absolute Gasteiger partial charge is 0.317 e. The van der Waals surface area contributed by atoms with Gasteiger partial charge in [0.1, 0.15) is 23.6 Å². The van der Waals surface area contributed by atoms with Gasteiger partial charge in [-0.1, -0.05) is 23.2 Å². The van der Waals surface area contributed by atoms with E-state index >= 15 is 0 Å². The molecule has 0 saturated heterocycles. The average Bonchev–Trinajstić information content (AvgIpc) is 2.86. The van der Waals surface area contributed by atoms with Gasteiger partial charge in [-0.2, -0.15) is 0 Å². The second-order valence-corrected chi connectivity index (χ2v) is 4.05. The highest BCUT2D eigenvalue weighted by Crippen LogP contribution is 2.23. The number of hydrogen-bond donors (Lipinski definition) is 0. The number of hydrogen-bond acceptors (Lipinski definition) is 4. The summed E-state index contributed by atoms with van der Waals surface area (Å²) in [5, 5.41) is 0. The molecule has 4 nitrogen and oxygen atoms in total. The van der Waals surface area contributed by atoms with Gasteiger partial charge in [0.05, 0.1) is 0 Å². The Balaban J connectivity index is 2.11. The van der Waals surface area contributed by atoms with Gasteiger partial charge < -0.3 is 9.47 Å². The molecule has 15 heavy (non-hydrogen) atoms. The van der Waals surface area contributed by atoms with E-state index in [1.165, 1.54) is 6.08 Å². The molecule has 0 radical (unpaired) electrons. The molecule has 0 N–H and O–H groups in total. The van der Waals surface area contributed by atoms with Crippen molar-refractivity contribution < 1.29 is 19.1 Å². The molecule has 0 aliphatic heterocycles. The van der Waals surface area contributed by atoms with Gasteiger partial charge in [0.2, 0.25) is 0 Å². The number of carbonyl (C=O) groups excluding carboxylic acids is 2. The van der Waals surface area contributed by atoms with Crippen molar-refractivity contribution in [3.05, 3.63) is 10.6 Å². The second kappa shape index (κ2) is 5.98. The number of rotatable bonds is 5. The van der Waals surface area contributed by atoms with Gasteiger partial charge in [-0.05, 0) is 18.9 Å². The molecule has 1 rings (SSSR count). The van der Waals surface area contributed by atoms with Crippen LogP contribution in [0, 0.1) is 0 Å². The lowest BCUT2D eigenvalue weighted by Crippen LogP contribution is -2.14. The normalized spacial score (nSPS) is 14.3. The summed E-state index contributed by atoms with van der Waals surface area (Å²) in [7, 11) is 0. The summed E-state index contributed by atoms with van der Waals surface area (Å²) in [4.78, 5) is 22.0. The van der Waals surface area contributed by atoms with E-state index in [0.717, 1.165) is 12.8 Å². The fraction of sp³-hybridized carbons (Fsp3) is 0.556. The summed E-state index contributed by atoms with van der Waals surface area (Å²) in [5.41, 5.74) is 0. The Hall–Kier alpha value is -0.740. The molecule has 1 aliphatic rings. The molecule has 0 aromatic carbocycles. The minimum atomic E-state index is -0.647. The van der Waals surface area contributed by atoms with Crippen molar-refractivity contribution >= 4 is 35.1 Å². The predicted octanol–water partition coefficient (Wildman–Crippen LogP) is 1.94. The molecule has 1 saturated carbocycles. The average molecular weight is 253 g/mol. The molecule has 0 amide bonds. The van der Waals surface area contributed by atoms with Crippen molar-refractivity contribution in [1.29, 1.82) is 0 Å². The van der Waals surface area contributed by atoms with Crippen molar-refractivity contribution in [2.75, 3.05) is 6.61 Å². The van der Waals surface area contributed by atoms with Gasteiger partial charge in [-0.15, -0.1) is 0 Å². The number of esters is 2. The molecule has 0 aromatic heterocycles. The number of ether oxygens (including phenoxy) is 2. The van der Waals surface area contributed by atoms with E-state index in [0.29, 0.717) is 0 Å². The molecule has 1 fully saturated rings. The molecule has 6 heteroatoms. The molecule has 0 unspecified atom stereocenters. The van der Waals surface area contributed by atoms with Crippen LogP contribution in [-0.4, -0.2) is 24.6 Å².